The molecule has 0 radical (unpaired) electrons. The number of carbonyl (C=O) groups excluding carboxylic acids is 2. The highest BCUT2D eigenvalue weighted by Crippen LogP contribution is 2.29. The predicted octanol–water partition coefficient (Wildman–Crippen LogP) is 2.88. The SMILES string of the molecule is COc1ccccc1-n1c(CNC(=O)c2ccc(S(=O)(=O)N3CCCC3)cc2)nnc1SCC(=O)Nc1nnc(C)s1. The van der Waals surface area contributed by atoms with Gasteiger partial charge >= 0.3 is 0 Å². The number of amides is 2. The van der Waals surface area contributed by atoms with E-state index in [-0.39, 0.29) is 23.1 Å². The summed E-state index contributed by atoms with van der Waals surface area (Å²) in [5.41, 5.74) is 0.935. The number of aryl methyl sites for hydroxylation is 1. The van der Waals surface area contributed by atoms with Crippen LogP contribution in [0.5, 0.6) is 5.75 Å². The summed E-state index contributed by atoms with van der Waals surface area (Å²) in [5.74, 6) is 0.302. The van der Waals surface area contributed by atoms with E-state index in [2.05, 4.69) is 31.0 Å². The van der Waals surface area contributed by atoms with Crippen LogP contribution in [0.1, 0.15) is 34.0 Å². The van der Waals surface area contributed by atoms with Gasteiger partial charge in [-0.3, -0.25) is 19.5 Å². The van der Waals surface area contributed by atoms with Gasteiger partial charge in [0.05, 0.1) is 30.0 Å². The van der Waals surface area contributed by atoms with E-state index in [1.54, 1.807) is 24.7 Å². The van der Waals surface area contributed by atoms with Crippen LogP contribution >= 0.6 is 23.1 Å². The minimum absolute atomic E-state index is 0.00846. The number of nitrogens with one attached hydrogen (secondary N) is 2. The molecule has 42 heavy (non-hydrogen) atoms. The lowest BCUT2D eigenvalue weighted by atomic mass is 10.2. The minimum Gasteiger partial charge on any atom is -0.495 e. The molecule has 3 heterocycles. The number of aromatic nitrogens is 5. The second kappa shape index (κ2) is 13.0. The lowest BCUT2D eigenvalue weighted by molar-refractivity contribution is -0.113. The van der Waals surface area contributed by atoms with E-state index in [1.807, 2.05) is 18.2 Å². The second-order valence-electron chi connectivity index (χ2n) is 9.19. The van der Waals surface area contributed by atoms with E-state index in [4.69, 9.17) is 4.74 Å². The first-order valence-electron chi connectivity index (χ1n) is 12.9. The van der Waals surface area contributed by atoms with Gasteiger partial charge < -0.3 is 10.1 Å². The number of sulfonamides is 1. The molecule has 1 aliphatic rings. The first kappa shape index (κ1) is 29.6. The maximum absolute atomic E-state index is 13.0. The molecule has 0 bridgehead atoms. The third-order valence-electron chi connectivity index (χ3n) is 6.36. The molecule has 1 aliphatic heterocycles. The summed E-state index contributed by atoms with van der Waals surface area (Å²) >= 11 is 2.44. The van der Waals surface area contributed by atoms with E-state index in [0.717, 1.165) is 17.8 Å². The van der Waals surface area contributed by atoms with Crippen LogP contribution in [-0.4, -0.2) is 75.5 Å². The Bertz CT molecular complexity index is 1680. The highest BCUT2D eigenvalue weighted by atomic mass is 32.2. The average Bonchev–Trinajstić information content (AvgIpc) is 3.77. The van der Waals surface area contributed by atoms with Gasteiger partial charge in [-0.1, -0.05) is 35.2 Å². The van der Waals surface area contributed by atoms with Crippen molar-refractivity contribution in [3.8, 4) is 11.4 Å². The van der Waals surface area contributed by atoms with E-state index < -0.39 is 15.9 Å². The fourth-order valence-electron chi connectivity index (χ4n) is 4.31. The minimum atomic E-state index is -3.57. The summed E-state index contributed by atoms with van der Waals surface area (Å²) in [7, 11) is -2.03. The van der Waals surface area contributed by atoms with Crippen LogP contribution in [-0.2, 0) is 21.4 Å². The first-order valence-corrected chi connectivity index (χ1v) is 16.2. The number of benzene rings is 2. The molecule has 2 aromatic carbocycles. The van der Waals surface area contributed by atoms with Crippen molar-refractivity contribution in [2.75, 3.05) is 31.3 Å². The number of methoxy groups -OCH3 is 1. The molecule has 2 aromatic heterocycles. The standard InChI is InChI=1S/C26H28N8O5S3/c1-17-29-31-25(41-17)28-23(35)16-40-26-32-30-22(34(26)20-7-3-4-8-21(20)39-2)15-27-24(36)18-9-11-19(12-10-18)42(37,38)33-13-5-6-14-33/h3-4,7-12H,5-6,13-16H2,1-2H3,(H,27,36)(H,28,31,35). The Labute approximate surface area is 250 Å². The monoisotopic (exact) mass is 628 g/mol. The van der Waals surface area contributed by atoms with Crippen LogP contribution in [0.4, 0.5) is 5.13 Å². The molecule has 16 heteroatoms. The van der Waals surface area contributed by atoms with Crippen molar-refractivity contribution in [1.82, 2.24) is 34.6 Å². The maximum Gasteiger partial charge on any atom is 0.251 e. The lowest BCUT2D eigenvalue weighted by Crippen LogP contribution is -2.28. The summed E-state index contributed by atoms with van der Waals surface area (Å²) in [4.78, 5) is 25.7. The van der Waals surface area contributed by atoms with Crippen LogP contribution < -0.4 is 15.4 Å². The van der Waals surface area contributed by atoms with Gasteiger partial charge in [0, 0.05) is 18.7 Å². The van der Waals surface area contributed by atoms with Gasteiger partial charge in [-0.15, -0.1) is 20.4 Å². The van der Waals surface area contributed by atoms with Crippen molar-refractivity contribution >= 4 is 50.1 Å². The fourth-order valence-corrected chi connectivity index (χ4v) is 7.20. The molecule has 13 nitrogen and oxygen atoms in total. The fraction of sp³-hybridized carbons (Fsp3) is 0.308. The normalized spacial score (nSPS) is 13.7. The Morgan fingerprint density at radius 2 is 1.76 bits per heavy atom. The van der Waals surface area contributed by atoms with Gasteiger partial charge in [0.25, 0.3) is 5.91 Å². The molecule has 0 aliphatic carbocycles. The summed E-state index contributed by atoms with van der Waals surface area (Å²) in [6.45, 7) is 2.82. The molecule has 0 spiro atoms. The Hall–Kier alpha value is -3.86. The number of hydrogen-bond donors (Lipinski definition) is 2. The topological polar surface area (TPSA) is 161 Å². The zero-order valence-electron chi connectivity index (χ0n) is 22.8. The zero-order valence-corrected chi connectivity index (χ0v) is 25.3. The quantitative estimate of drug-likeness (QED) is 0.236. The summed E-state index contributed by atoms with van der Waals surface area (Å²) in [6, 6.07) is 13.1. The van der Waals surface area contributed by atoms with Gasteiger partial charge in [0.1, 0.15) is 10.8 Å². The Morgan fingerprint density at radius 1 is 1.02 bits per heavy atom. The van der Waals surface area contributed by atoms with Crippen molar-refractivity contribution in [2.45, 2.75) is 36.4 Å². The smallest absolute Gasteiger partial charge is 0.251 e. The third kappa shape index (κ3) is 6.61. The predicted molar refractivity (Wildman–Crippen MR) is 158 cm³/mol. The summed E-state index contributed by atoms with van der Waals surface area (Å²) < 4.78 is 34.3. The molecule has 220 valence electrons. The van der Waals surface area contributed by atoms with Crippen molar-refractivity contribution < 1.29 is 22.7 Å². The van der Waals surface area contributed by atoms with Crippen molar-refractivity contribution in [3.63, 3.8) is 0 Å². The molecule has 4 aromatic rings. The number of anilines is 1. The molecule has 5 rings (SSSR count). The number of carbonyl (C=O) groups is 2. The highest BCUT2D eigenvalue weighted by molar-refractivity contribution is 7.99. The summed E-state index contributed by atoms with van der Waals surface area (Å²) in [5, 5.41) is 23.5. The molecule has 1 saturated heterocycles. The molecular weight excluding hydrogens is 601 g/mol. The number of thioether (sulfide) groups is 1. The number of ether oxygens (including phenoxy) is 1. The molecular formula is C26H28N8O5S3. The number of nitrogens with zero attached hydrogens (tertiary/aromatic N) is 6. The van der Waals surface area contributed by atoms with E-state index in [9.17, 15) is 18.0 Å². The summed E-state index contributed by atoms with van der Waals surface area (Å²) in [6.07, 6.45) is 1.69. The van der Waals surface area contributed by atoms with E-state index in [0.29, 0.717) is 46.2 Å². The van der Waals surface area contributed by atoms with Crippen molar-refractivity contribution in [1.29, 1.82) is 0 Å². The highest BCUT2D eigenvalue weighted by Gasteiger charge is 2.27. The number of hydrogen-bond acceptors (Lipinski definition) is 11. The Balaban J connectivity index is 1.31. The van der Waals surface area contributed by atoms with Crippen LogP contribution in [0, 0.1) is 6.92 Å². The largest absolute Gasteiger partial charge is 0.495 e. The number of rotatable bonds is 11. The molecule has 1 fully saturated rings. The maximum atomic E-state index is 13.0. The molecule has 2 amide bonds. The van der Waals surface area contributed by atoms with E-state index in [1.165, 1.54) is 51.7 Å². The van der Waals surface area contributed by atoms with E-state index >= 15 is 0 Å². The Kier molecular flexibility index (Phi) is 9.15. The van der Waals surface area contributed by atoms with Crippen LogP contribution in [0.25, 0.3) is 5.69 Å². The van der Waals surface area contributed by atoms with Crippen molar-refractivity contribution in [3.05, 3.63) is 64.9 Å². The van der Waals surface area contributed by atoms with Crippen LogP contribution in [0.2, 0.25) is 0 Å². The molecule has 2 N–H and O–H groups in total. The first-order chi connectivity index (χ1) is 20.3. The second-order valence-corrected chi connectivity index (χ2v) is 13.2. The van der Waals surface area contributed by atoms with Gasteiger partial charge in [0.2, 0.25) is 21.1 Å². The average molecular weight is 629 g/mol. The molecule has 0 unspecified atom stereocenters. The molecule has 0 atom stereocenters. The van der Waals surface area contributed by atoms with Gasteiger partial charge in [0.15, 0.2) is 11.0 Å². The van der Waals surface area contributed by atoms with Crippen LogP contribution in [0.3, 0.4) is 0 Å². The number of para-hydroxylation sites is 2. The Morgan fingerprint density at radius 3 is 2.45 bits per heavy atom. The lowest BCUT2D eigenvalue weighted by Gasteiger charge is -2.15. The van der Waals surface area contributed by atoms with Gasteiger partial charge in [-0.2, -0.15) is 4.31 Å². The molecule has 0 saturated carbocycles. The van der Waals surface area contributed by atoms with Gasteiger partial charge in [-0.05, 0) is 56.2 Å². The third-order valence-corrected chi connectivity index (χ3v) is 9.95. The van der Waals surface area contributed by atoms with Crippen molar-refractivity contribution in [2.24, 2.45) is 0 Å². The van der Waals surface area contributed by atoms with Crippen LogP contribution in [0.15, 0.2) is 58.6 Å². The zero-order chi connectivity index (χ0) is 29.7. The van der Waals surface area contributed by atoms with Gasteiger partial charge in [-0.25, -0.2) is 8.42 Å².